The van der Waals surface area contributed by atoms with Crippen molar-refractivity contribution in [1.82, 2.24) is 9.38 Å². The van der Waals surface area contributed by atoms with Crippen LogP contribution in [0.1, 0.15) is 16.8 Å². The normalized spacial score (nSPS) is 11.2. The first-order valence-electron chi connectivity index (χ1n) is 7.12. The number of pyridine rings is 1. The van der Waals surface area contributed by atoms with Crippen LogP contribution >= 0.6 is 0 Å². The zero-order valence-electron chi connectivity index (χ0n) is 12.6. The van der Waals surface area contributed by atoms with Gasteiger partial charge in [0.15, 0.2) is 0 Å². The van der Waals surface area contributed by atoms with E-state index in [-0.39, 0.29) is 5.91 Å². The summed E-state index contributed by atoms with van der Waals surface area (Å²) in [6.45, 7) is 4.07. The van der Waals surface area contributed by atoms with Gasteiger partial charge in [-0.15, -0.1) is 0 Å². The van der Waals surface area contributed by atoms with Crippen molar-refractivity contribution in [3.63, 3.8) is 0 Å². The van der Waals surface area contributed by atoms with E-state index in [1.54, 1.807) is 12.3 Å². The van der Waals surface area contributed by atoms with Crippen molar-refractivity contribution in [2.45, 2.75) is 13.8 Å². The third-order valence-electron chi connectivity index (χ3n) is 3.63. The monoisotopic (exact) mass is 291 g/mol. The SMILES string of the molecule is Cc1ccc(NC(=O)/C=C/c2cnc3ccccn23)cc1C. The van der Waals surface area contributed by atoms with Crippen LogP contribution in [0.15, 0.2) is 54.9 Å². The lowest BCUT2D eigenvalue weighted by atomic mass is 10.1. The Labute approximate surface area is 129 Å². The minimum Gasteiger partial charge on any atom is -0.323 e. The maximum absolute atomic E-state index is 12.0. The molecule has 2 heterocycles. The number of aromatic nitrogens is 2. The van der Waals surface area contributed by atoms with E-state index < -0.39 is 0 Å². The third-order valence-corrected chi connectivity index (χ3v) is 3.63. The molecule has 1 amide bonds. The van der Waals surface area contributed by atoms with Gasteiger partial charge in [0.25, 0.3) is 0 Å². The summed E-state index contributed by atoms with van der Waals surface area (Å²) in [6.07, 6.45) is 6.94. The molecule has 0 aliphatic carbocycles. The molecule has 110 valence electrons. The van der Waals surface area contributed by atoms with Crippen LogP contribution in [-0.2, 0) is 4.79 Å². The highest BCUT2D eigenvalue weighted by atomic mass is 16.1. The van der Waals surface area contributed by atoms with Gasteiger partial charge in [-0.25, -0.2) is 4.98 Å². The molecular weight excluding hydrogens is 274 g/mol. The summed E-state index contributed by atoms with van der Waals surface area (Å²) < 4.78 is 1.93. The molecule has 1 N–H and O–H groups in total. The summed E-state index contributed by atoms with van der Waals surface area (Å²) in [5.41, 5.74) is 4.89. The molecule has 22 heavy (non-hydrogen) atoms. The minimum atomic E-state index is -0.158. The second-order valence-electron chi connectivity index (χ2n) is 5.23. The number of imidazole rings is 1. The van der Waals surface area contributed by atoms with Crippen LogP contribution in [0.25, 0.3) is 11.7 Å². The van der Waals surface area contributed by atoms with Gasteiger partial charge in [-0.3, -0.25) is 4.79 Å². The first-order chi connectivity index (χ1) is 10.6. The van der Waals surface area contributed by atoms with E-state index >= 15 is 0 Å². The van der Waals surface area contributed by atoms with E-state index in [1.807, 2.05) is 60.8 Å². The van der Waals surface area contributed by atoms with Crippen molar-refractivity contribution >= 4 is 23.3 Å². The Morgan fingerprint density at radius 2 is 2.05 bits per heavy atom. The van der Waals surface area contributed by atoms with Gasteiger partial charge in [-0.1, -0.05) is 12.1 Å². The number of hydrogen-bond donors (Lipinski definition) is 1. The maximum atomic E-state index is 12.0. The third kappa shape index (κ3) is 2.91. The number of nitrogens with one attached hydrogen (secondary N) is 1. The van der Waals surface area contributed by atoms with E-state index in [4.69, 9.17) is 0 Å². The van der Waals surface area contributed by atoms with Crippen molar-refractivity contribution in [3.05, 3.63) is 71.7 Å². The standard InChI is InChI=1S/C18H17N3O/c1-13-6-7-15(11-14(13)2)20-18(22)9-8-16-12-19-17-5-3-4-10-21(16)17/h3-12H,1-2H3,(H,20,22)/b9-8+. The van der Waals surface area contributed by atoms with Gasteiger partial charge in [-0.2, -0.15) is 0 Å². The molecule has 2 aromatic heterocycles. The van der Waals surface area contributed by atoms with Crippen LogP contribution in [0, 0.1) is 13.8 Å². The number of anilines is 1. The smallest absolute Gasteiger partial charge is 0.248 e. The van der Waals surface area contributed by atoms with Gasteiger partial charge in [0.1, 0.15) is 5.65 Å². The Balaban J connectivity index is 1.74. The Morgan fingerprint density at radius 1 is 1.18 bits per heavy atom. The van der Waals surface area contributed by atoms with Crippen molar-refractivity contribution in [2.75, 3.05) is 5.32 Å². The summed E-state index contributed by atoms with van der Waals surface area (Å²) in [6, 6.07) is 11.7. The van der Waals surface area contributed by atoms with Gasteiger partial charge >= 0.3 is 0 Å². The largest absolute Gasteiger partial charge is 0.323 e. The highest BCUT2D eigenvalue weighted by molar-refractivity contribution is 6.01. The predicted octanol–water partition coefficient (Wildman–Crippen LogP) is 3.60. The summed E-state index contributed by atoms with van der Waals surface area (Å²) >= 11 is 0. The number of carbonyl (C=O) groups is 1. The molecule has 4 nitrogen and oxygen atoms in total. The average Bonchev–Trinajstić information content (AvgIpc) is 2.92. The van der Waals surface area contributed by atoms with Crippen LogP contribution in [0.5, 0.6) is 0 Å². The van der Waals surface area contributed by atoms with Crippen molar-refractivity contribution in [3.8, 4) is 0 Å². The van der Waals surface area contributed by atoms with Crippen LogP contribution in [0.2, 0.25) is 0 Å². The van der Waals surface area contributed by atoms with E-state index in [0.29, 0.717) is 0 Å². The van der Waals surface area contributed by atoms with Gasteiger partial charge in [0.05, 0.1) is 11.9 Å². The fraction of sp³-hybridized carbons (Fsp3) is 0.111. The molecule has 0 bridgehead atoms. The van der Waals surface area contributed by atoms with Crippen LogP contribution in [0.3, 0.4) is 0 Å². The van der Waals surface area contributed by atoms with Crippen molar-refractivity contribution < 1.29 is 4.79 Å². The topological polar surface area (TPSA) is 46.4 Å². The average molecular weight is 291 g/mol. The van der Waals surface area contributed by atoms with E-state index in [2.05, 4.69) is 10.3 Å². The molecule has 3 aromatic rings. The zero-order valence-corrected chi connectivity index (χ0v) is 12.6. The minimum absolute atomic E-state index is 0.158. The fourth-order valence-corrected chi connectivity index (χ4v) is 2.24. The number of benzene rings is 1. The van der Waals surface area contributed by atoms with Crippen LogP contribution < -0.4 is 5.32 Å². The van der Waals surface area contributed by atoms with Gasteiger partial charge in [-0.05, 0) is 55.3 Å². The zero-order chi connectivity index (χ0) is 15.5. The molecule has 0 saturated heterocycles. The molecule has 0 fully saturated rings. The number of rotatable bonds is 3. The lowest BCUT2D eigenvalue weighted by Gasteiger charge is -2.05. The molecule has 1 aromatic carbocycles. The molecule has 0 unspecified atom stereocenters. The number of aryl methyl sites for hydroxylation is 2. The Kier molecular flexibility index (Phi) is 3.74. The van der Waals surface area contributed by atoms with E-state index in [9.17, 15) is 4.79 Å². The second-order valence-corrected chi connectivity index (χ2v) is 5.23. The molecule has 0 spiro atoms. The van der Waals surface area contributed by atoms with Crippen molar-refractivity contribution in [1.29, 1.82) is 0 Å². The first-order valence-corrected chi connectivity index (χ1v) is 7.12. The Morgan fingerprint density at radius 3 is 2.86 bits per heavy atom. The number of hydrogen-bond acceptors (Lipinski definition) is 2. The molecular formula is C18H17N3O. The molecule has 0 aliphatic heterocycles. The number of nitrogens with zero attached hydrogens (tertiary/aromatic N) is 2. The second kappa shape index (κ2) is 5.85. The highest BCUT2D eigenvalue weighted by Crippen LogP contribution is 2.14. The maximum Gasteiger partial charge on any atom is 0.248 e. The van der Waals surface area contributed by atoms with E-state index in [1.165, 1.54) is 11.6 Å². The van der Waals surface area contributed by atoms with Crippen molar-refractivity contribution in [2.24, 2.45) is 0 Å². The summed E-state index contributed by atoms with van der Waals surface area (Å²) in [7, 11) is 0. The molecule has 0 atom stereocenters. The first kappa shape index (κ1) is 14.1. The van der Waals surface area contributed by atoms with E-state index in [0.717, 1.165) is 22.6 Å². The van der Waals surface area contributed by atoms with Crippen LogP contribution in [0.4, 0.5) is 5.69 Å². The molecule has 0 radical (unpaired) electrons. The fourth-order valence-electron chi connectivity index (χ4n) is 2.24. The lowest BCUT2D eigenvalue weighted by Crippen LogP contribution is -2.08. The van der Waals surface area contributed by atoms with Gasteiger partial charge in [0, 0.05) is 18.0 Å². The predicted molar refractivity (Wildman–Crippen MR) is 88.8 cm³/mol. The Hall–Kier alpha value is -2.88. The lowest BCUT2D eigenvalue weighted by molar-refractivity contribution is -0.111. The molecule has 4 heteroatoms. The number of amides is 1. The quantitative estimate of drug-likeness (QED) is 0.749. The summed E-state index contributed by atoms with van der Waals surface area (Å²) in [5, 5.41) is 2.87. The Bertz CT molecular complexity index is 862. The van der Waals surface area contributed by atoms with Gasteiger partial charge in [0.2, 0.25) is 5.91 Å². The molecule has 3 rings (SSSR count). The molecule has 0 saturated carbocycles. The van der Waals surface area contributed by atoms with Crippen LogP contribution in [-0.4, -0.2) is 15.3 Å². The number of carbonyl (C=O) groups excluding carboxylic acids is 1. The van der Waals surface area contributed by atoms with Gasteiger partial charge < -0.3 is 9.72 Å². The number of fused-ring (bicyclic) bond motifs is 1. The summed E-state index contributed by atoms with van der Waals surface area (Å²) in [5.74, 6) is -0.158. The summed E-state index contributed by atoms with van der Waals surface area (Å²) in [4.78, 5) is 16.3. The highest BCUT2D eigenvalue weighted by Gasteiger charge is 2.02. The molecule has 0 aliphatic rings.